The number of phenolic OH excluding ortho intramolecular Hbond substituents is 1. The molecule has 0 bridgehead atoms. The largest absolute Gasteiger partial charge is 0.508 e. The summed E-state index contributed by atoms with van der Waals surface area (Å²) in [6.45, 7) is 10.4. The number of rotatable bonds is 17. The van der Waals surface area contributed by atoms with Crippen LogP contribution in [0.1, 0.15) is 79.1 Å². The second-order valence-electron chi connectivity index (χ2n) is 11.4. The Morgan fingerprint density at radius 1 is 0.535 bits per heavy atom. The molecule has 0 amide bonds. The van der Waals surface area contributed by atoms with Crippen LogP contribution < -0.4 is 9.47 Å². The van der Waals surface area contributed by atoms with Crippen molar-refractivity contribution in [3.05, 3.63) is 72.8 Å². The van der Waals surface area contributed by atoms with Crippen LogP contribution in [0.15, 0.2) is 72.8 Å². The lowest BCUT2D eigenvalue weighted by molar-refractivity contribution is 0.233. The van der Waals surface area contributed by atoms with Gasteiger partial charge in [0.25, 0.3) is 0 Å². The van der Waals surface area contributed by atoms with Gasteiger partial charge in [-0.15, -0.1) is 0 Å². The zero-order valence-electron chi connectivity index (χ0n) is 26.3. The molecule has 4 aromatic rings. The summed E-state index contributed by atoms with van der Waals surface area (Å²) in [7, 11) is 0. The number of hydrogen-bond acceptors (Lipinski definition) is 6. The minimum Gasteiger partial charge on any atom is -0.508 e. The highest BCUT2D eigenvalue weighted by atomic mass is 16.5. The van der Waals surface area contributed by atoms with Crippen molar-refractivity contribution in [1.82, 2.24) is 15.0 Å². The molecule has 0 fully saturated rings. The Morgan fingerprint density at radius 3 is 1.21 bits per heavy atom. The lowest BCUT2D eigenvalue weighted by Crippen LogP contribution is -2.11. The maximum atomic E-state index is 9.82. The molecule has 6 nitrogen and oxygen atoms in total. The van der Waals surface area contributed by atoms with Crippen LogP contribution in [0, 0.1) is 11.8 Å². The third-order valence-electron chi connectivity index (χ3n) is 8.04. The second-order valence-corrected chi connectivity index (χ2v) is 11.4. The summed E-state index contributed by atoms with van der Waals surface area (Å²) in [5.74, 6) is 4.75. The molecule has 228 valence electrons. The number of nitrogens with zero attached hydrogens (tertiary/aromatic N) is 3. The summed E-state index contributed by atoms with van der Waals surface area (Å²) in [4.78, 5) is 14.5. The average Bonchev–Trinajstić information content (AvgIpc) is 3.05. The molecule has 6 heteroatoms. The van der Waals surface area contributed by atoms with Crippen molar-refractivity contribution in [3.63, 3.8) is 0 Å². The number of benzene rings is 3. The lowest BCUT2D eigenvalue weighted by Gasteiger charge is -2.16. The van der Waals surface area contributed by atoms with Gasteiger partial charge in [0.1, 0.15) is 17.2 Å². The van der Waals surface area contributed by atoms with E-state index in [0.29, 0.717) is 29.3 Å². The van der Waals surface area contributed by atoms with Gasteiger partial charge in [0.05, 0.1) is 13.2 Å². The molecule has 2 unspecified atom stereocenters. The van der Waals surface area contributed by atoms with Gasteiger partial charge < -0.3 is 14.6 Å². The third-order valence-corrected chi connectivity index (χ3v) is 8.04. The summed E-state index contributed by atoms with van der Waals surface area (Å²) in [6, 6.07) is 22.9. The second kappa shape index (κ2) is 16.6. The van der Waals surface area contributed by atoms with E-state index in [0.717, 1.165) is 54.2 Å². The SMILES string of the molecule is CCCCC(CC)COc1ccc(-c2nc(-c3ccc(O)cc3)nc(-c3ccc(OCC(CC)CCCC)cc3)n2)cc1. The maximum Gasteiger partial charge on any atom is 0.164 e. The third kappa shape index (κ3) is 9.54. The van der Waals surface area contributed by atoms with Gasteiger partial charge in [-0.3, -0.25) is 0 Å². The van der Waals surface area contributed by atoms with Crippen molar-refractivity contribution in [2.45, 2.75) is 79.1 Å². The highest BCUT2D eigenvalue weighted by Crippen LogP contribution is 2.28. The highest BCUT2D eigenvalue weighted by Gasteiger charge is 2.14. The fraction of sp³-hybridized carbons (Fsp3) is 0.432. The number of hydrogen-bond donors (Lipinski definition) is 1. The maximum absolute atomic E-state index is 9.82. The first-order chi connectivity index (χ1) is 21.0. The molecule has 3 aromatic carbocycles. The Hall–Kier alpha value is -3.93. The van der Waals surface area contributed by atoms with Crippen LogP contribution in [0.3, 0.4) is 0 Å². The van der Waals surface area contributed by atoms with Crippen LogP contribution in [0.2, 0.25) is 0 Å². The molecule has 0 radical (unpaired) electrons. The van der Waals surface area contributed by atoms with E-state index >= 15 is 0 Å². The van der Waals surface area contributed by atoms with E-state index in [1.807, 2.05) is 60.7 Å². The Kier molecular flexibility index (Phi) is 12.4. The molecule has 0 aliphatic carbocycles. The number of aromatic hydroxyl groups is 1. The molecule has 1 N–H and O–H groups in total. The van der Waals surface area contributed by atoms with E-state index in [-0.39, 0.29) is 5.75 Å². The zero-order chi connectivity index (χ0) is 30.4. The minimum atomic E-state index is 0.199. The summed E-state index contributed by atoms with van der Waals surface area (Å²) in [6.07, 6.45) is 9.53. The van der Waals surface area contributed by atoms with E-state index in [1.165, 1.54) is 38.5 Å². The molecule has 43 heavy (non-hydrogen) atoms. The van der Waals surface area contributed by atoms with Crippen LogP contribution in [-0.4, -0.2) is 33.3 Å². The first kappa shape index (κ1) is 32.0. The minimum absolute atomic E-state index is 0.199. The van der Waals surface area contributed by atoms with Crippen molar-refractivity contribution in [2.24, 2.45) is 11.8 Å². The van der Waals surface area contributed by atoms with Crippen LogP contribution in [-0.2, 0) is 0 Å². The van der Waals surface area contributed by atoms with E-state index in [1.54, 1.807) is 12.1 Å². The van der Waals surface area contributed by atoms with Crippen LogP contribution >= 0.6 is 0 Å². The smallest absolute Gasteiger partial charge is 0.164 e. The van der Waals surface area contributed by atoms with E-state index in [9.17, 15) is 5.11 Å². The van der Waals surface area contributed by atoms with Crippen molar-refractivity contribution in [3.8, 4) is 51.4 Å². The Bertz CT molecular complexity index is 1290. The summed E-state index contributed by atoms with van der Waals surface area (Å²) in [5.41, 5.74) is 2.57. The van der Waals surface area contributed by atoms with E-state index < -0.39 is 0 Å². The summed E-state index contributed by atoms with van der Waals surface area (Å²) >= 11 is 0. The van der Waals surface area contributed by atoms with Gasteiger partial charge in [-0.2, -0.15) is 0 Å². The quantitative estimate of drug-likeness (QED) is 0.134. The number of aromatic nitrogens is 3. The Labute approximate surface area is 257 Å². The number of ether oxygens (including phenoxy) is 2. The molecule has 0 aliphatic heterocycles. The van der Waals surface area contributed by atoms with Gasteiger partial charge in [-0.05, 0) is 97.5 Å². The van der Waals surface area contributed by atoms with Crippen molar-refractivity contribution in [1.29, 1.82) is 0 Å². The fourth-order valence-electron chi connectivity index (χ4n) is 5.00. The molecule has 0 saturated heterocycles. The molecule has 0 saturated carbocycles. The van der Waals surface area contributed by atoms with Crippen molar-refractivity contribution >= 4 is 0 Å². The normalized spacial score (nSPS) is 12.6. The standard InChI is InChI=1S/C37H47N3O3/c1-5-9-11-27(7-3)25-42-33-21-15-30(16-22-33)36-38-35(29-13-19-32(41)20-14-29)39-37(40-36)31-17-23-34(24-18-31)43-26-28(8-4)12-10-6-2/h13-24,27-28,41H,5-12,25-26H2,1-4H3. The Morgan fingerprint density at radius 2 is 0.884 bits per heavy atom. The Balaban J connectivity index is 1.56. The fourth-order valence-corrected chi connectivity index (χ4v) is 5.00. The monoisotopic (exact) mass is 581 g/mol. The topological polar surface area (TPSA) is 77.4 Å². The predicted molar refractivity (Wildman–Crippen MR) is 175 cm³/mol. The molecule has 2 atom stereocenters. The van der Waals surface area contributed by atoms with Crippen molar-refractivity contribution < 1.29 is 14.6 Å². The van der Waals surface area contributed by atoms with Crippen LogP contribution in [0.25, 0.3) is 34.2 Å². The van der Waals surface area contributed by atoms with E-state index in [2.05, 4.69) is 27.7 Å². The summed E-state index contributed by atoms with van der Waals surface area (Å²) in [5, 5.41) is 9.82. The summed E-state index contributed by atoms with van der Waals surface area (Å²) < 4.78 is 12.3. The average molecular weight is 582 g/mol. The molecular weight excluding hydrogens is 534 g/mol. The first-order valence-corrected chi connectivity index (χ1v) is 16.0. The number of phenols is 1. The predicted octanol–water partition coefficient (Wildman–Crippen LogP) is 9.77. The van der Waals surface area contributed by atoms with Gasteiger partial charge in [0, 0.05) is 16.7 Å². The molecule has 1 aromatic heterocycles. The van der Waals surface area contributed by atoms with Gasteiger partial charge in [0.2, 0.25) is 0 Å². The first-order valence-electron chi connectivity index (χ1n) is 16.0. The van der Waals surface area contributed by atoms with Crippen LogP contribution in [0.4, 0.5) is 0 Å². The molecule has 0 aliphatic rings. The number of unbranched alkanes of at least 4 members (excludes halogenated alkanes) is 2. The molecular formula is C37H47N3O3. The van der Waals surface area contributed by atoms with Gasteiger partial charge >= 0.3 is 0 Å². The van der Waals surface area contributed by atoms with E-state index in [4.69, 9.17) is 24.4 Å². The molecule has 1 heterocycles. The van der Waals surface area contributed by atoms with Gasteiger partial charge in [0.15, 0.2) is 17.5 Å². The lowest BCUT2D eigenvalue weighted by atomic mass is 10.0. The van der Waals surface area contributed by atoms with Gasteiger partial charge in [-0.25, -0.2) is 15.0 Å². The highest BCUT2D eigenvalue weighted by molar-refractivity contribution is 5.67. The van der Waals surface area contributed by atoms with Crippen LogP contribution in [0.5, 0.6) is 17.2 Å². The molecule has 0 spiro atoms. The van der Waals surface area contributed by atoms with Gasteiger partial charge in [-0.1, -0.05) is 66.2 Å². The molecule has 4 rings (SSSR count). The zero-order valence-corrected chi connectivity index (χ0v) is 26.3. The van der Waals surface area contributed by atoms with Crippen molar-refractivity contribution in [2.75, 3.05) is 13.2 Å².